The molecule has 4 aromatic rings. The molecule has 2 aliphatic carbocycles. The Bertz CT molecular complexity index is 1420. The van der Waals surface area contributed by atoms with E-state index in [-0.39, 0.29) is 5.92 Å². The monoisotopic (exact) mass is 594 g/mol. The number of rotatable bonds is 6. The Hall–Kier alpha value is -2.55. The zero-order valence-corrected chi connectivity index (χ0v) is 26.2. The molecule has 0 unspecified atom stereocenters. The fourth-order valence-corrected chi connectivity index (χ4v) is 43.9. The molecule has 1 saturated carbocycles. The maximum atomic E-state index is 14.5. The summed E-state index contributed by atoms with van der Waals surface area (Å²) in [5, 5.41) is 0. The standard InChI is InChI=1S/C13H9.C7H13NO.2C6H5.C2H7Si.Zr/c1-3-7-12-10(5-1)9-11-6-2-4-8-13(11)12;8-7(9)6-4-2-1-3-5-6;2*1-2-4-6-5-3-1;1-3-2;/h1-5,7-8H,9H2;6H,1-5H2,(H2,8,9);2*1-5H;3H,1-2H3;/q;;;;;+1/p-1. The van der Waals surface area contributed by atoms with E-state index in [0.29, 0.717) is 5.91 Å². The molecule has 1 amide bonds. The van der Waals surface area contributed by atoms with Crippen molar-refractivity contribution in [2.24, 2.45) is 5.92 Å². The molecule has 4 aromatic carbocycles. The van der Waals surface area contributed by atoms with Gasteiger partial charge in [0.05, 0.1) is 0 Å². The van der Waals surface area contributed by atoms with Crippen LogP contribution < -0.4 is 13.1 Å². The summed E-state index contributed by atoms with van der Waals surface area (Å²) in [6.07, 6.45) is 6.53. The Balaban J connectivity index is 1.71. The van der Waals surface area contributed by atoms with Crippen LogP contribution >= 0.6 is 0 Å². The molecular weight excluding hydrogens is 558 g/mol. The molecule has 6 rings (SSSR count). The van der Waals surface area contributed by atoms with E-state index in [1.165, 1.54) is 38.5 Å². The number of carbonyl (C=O) groups is 1. The number of amides is 1. The van der Waals surface area contributed by atoms with Gasteiger partial charge in [0.2, 0.25) is 0 Å². The summed E-state index contributed by atoms with van der Waals surface area (Å²) in [5.41, 5.74) is 5.55. The van der Waals surface area contributed by atoms with Crippen LogP contribution in [0.2, 0.25) is 13.1 Å². The molecule has 0 aliphatic heterocycles. The van der Waals surface area contributed by atoms with Crippen LogP contribution in [0.25, 0.3) is 11.1 Å². The molecule has 0 atom stereocenters. The number of hydrogen-bond donors (Lipinski definition) is 1. The van der Waals surface area contributed by atoms with Gasteiger partial charge in [0.1, 0.15) is 0 Å². The first-order valence-electron chi connectivity index (χ1n) is 14.4. The van der Waals surface area contributed by atoms with Crippen LogP contribution in [-0.4, -0.2) is 11.8 Å². The minimum atomic E-state index is -4.74. The van der Waals surface area contributed by atoms with Gasteiger partial charge in [-0.25, -0.2) is 0 Å². The predicted molar refractivity (Wildman–Crippen MR) is 160 cm³/mol. The van der Waals surface area contributed by atoms with Gasteiger partial charge in [-0.2, -0.15) is 0 Å². The molecule has 4 heteroatoms. The van der Waals surface area contributed by atoms with E-state index in [0.717, 1.165) is 32.1 Å². The van der Waals surface area contributed by atoms with Crippen molar-refractivity contribution < 1.29 is 23.0 Å². The van der Waals surface area contributed by atoms with Crippen molar-refractivity contribution in [3.8, 4) is 11.1 Å². The normalized spacial score (nSPS) is 16.3. The SMILES string of the molecule is C[SiH](C)[Zr]([NH]C(=O)C1CCCCC1)([c]1ccccc1)([c]1ccccc1)[c]1cccc2c1Cc1ccccc1-2. The minimum absolute atomic E-state index is 0.116. The summed E-state index contributed by atoms with van der Waals surface area (Å²) in [6.45, 7) is 5.02. The first-order chi connectivity index (χ1) is 18.6. The Morgan fingerprint density at radius 2 is 1.29 bits per heavy atom. The average molecular weight is 596 g/mol. The molecule has 2 aliphatic rings. The van der Waals surface area contributed by atoms with Gasteiger partial charge in [0.25, 0.3) is 0 Å². The molecule has 0 radical (unpaired) electrons. The van der Waals surface area contributed by atoms with Crippen LogP contribution in [0.4, 0.5) is 0 Å². The van der Waals surface area contributed by atoms with E-state index < -0.39 is 24.2 Å². The van der Waals surface area contributed by atoms with Gasteiger partial charge < -0.3 is 0 Å². The molecule has 0 heterocycles. The molecule has 0 bridgehead atoms. The predicted octanol–water partition coefficient (Wildman–Crippen LogP) is 5.82. The number of benzene rings is 4. The zero-order chi connectivity index (χ0) is 26.2. The zero-order valence-electron chi connectivity index (χ0n) is 22.6. The fourth-order valence-electron chi connectivity index (χ4n) is 7.75. The van der Waals surface area contributed by atoms with Crippen molar-refractivity contribution in [1.82, 2.24) is 3.26 Å². The van der Waals surface area contributed by atoms with Crippen molar-refractivity contribution in [3.05, 3.63) is 114 Å². The van der Waals surface area contributed by atoms with Crippen molar-refractivity contribution in [2.45, 2.75) is 51.6 Å². The number of fused-ring (bicyclic) bond motifs is 3. The van der Waals surface area contributed by atoms with E-state index in [4.69, 9.17) is 0 Å². The second-order valence-corrected chi connectivity index (χ2v) is 40.7. The summed E-state index contributed by atoms with van der Waals surface area (Å²) >= 11 is -4.74. The van der Waals surface area contributed by atoms with Crippen molar-refractivity contribution >= 4 is 21.6 Å². The molecule has 1 fully saturated rings. The van der Waals surface area contributed by atoms with E-state index in [9.17, 15) is 4.79 Å². The van der Waals surface area contributed by atoms with E-state index in [1.807, 2.05) is 0 Å². The maximum absolute atomic E-state index is 14.5. The van der Waals surface area contributed by atoms with Crippen molar-refractivity contribution in [1.29, 1.82) is 0 Å². The molecule has 0 saturated heterocycles. The van der Waals surface area contributed by atoms with Crippen LogP contribution in [0, 0.1) is 5.92 Å². The molecule has 0 aromatic heterocycles. The number of nitrogens with one attached hydrogen (secondary N) is 1. The Labute approximate surface area is 229 Å². The molecule has 193 valence electrons. The summed E-state index contributed by atoms with van der Waals surface area (Å²) in [6, 6.07) is 38.2. The first kappa shape index (κ1) is 25.7. The molecule has 38 heavy (non-hydrogen) atoms. The summed E-state index contributed by atoms with van der Waals surface area (Å²) in [5.74, 6) is -1.18. The summed E-state index contributed by atoms with van der Waals surface area (Å²) < 4.78 is 8.38. The van der Waals surface area contributed by atoms with Gasteiger partial charge in [-0.15, -0.1) is 0 Å². The number of hydrogen-bond acceptors (Lipinski definition) is 1. The molecular formula is C34H38NOSiZr. The number of carbonyl (C=O) groups excluding carboxylic acids is 1. The second-order valence-electron chi connectivity index (χ2n) is 11.7. The van der Waals surface area contributed by atoms with E-state index >= 15 is 0 Å². The second kappa shape index (κ2) is 10.2. The average Bonchev–Trinajstić information content (AvgIpc) is 3.36. The Morgan fingerprint density at radius 1 is 0.711 bits per heavy atom. The van der Waals surface area contributed by atoms with Crippen molar-refractivity contribution in [2.75, 3.05) is 0 Å². The van der Waals surface area contributed by atoms with E-state index in [2.05, 4.69) is 119 Å². The summed E-state index contributed by atoms with van der Waals surface area (Å²) in [4.78, 5) is 14.5. The van der Waals surface area contributed by atoms with Crippen LogP contribution in [0.3, 0.4) is 0 Å². The third kappa shape index (κ3) is 3.79. The van der Waals surface area contributed by atoms with E-state index in [1.54, 1.807) is 0 Å². The van der Waals surface area contributed by atoms with Gasteiger partial charge in [-0.3, -0.25) is 0 Å². The van der Waals surface area contributed by atoms with Gasteiger partial charge in [-0.05, 0) is 0 Å². The van der Waals surface area contributed by atoms with Crippen LogP contribution in [0.5, 0.6) is 0 Å². The van der Waals surface area contributed by atoms with Gasteiger partial charge in [0, 0.05) is 0 Å². The van der Waals surface area contributed by atoms with Crippen LogP contribution in [0.1, 0.15) is 43.2 Å². The fraction of sp³-hybridized carbons (Fsp3) is 0.265. The Kier molecular flexibility index (Phi) is 6.91. The molecule has 2 nitrogen and oxygen atoms in total. The van der Waals surface area contributed by atoms with Crippen molar-refractivity contribution in [3.63, 3.8) is 0 Å². The third-order valence-electron chi connectivity index (χ3n) is 9.67. The first-order valence-corrected chi connectivity index (χ1v) is 26.4. The van der Waals surface area contributed by atoms with Gasteiger partial charge in [0.15, 0.2) is 0 Å². The quantitative estimate of drug-likeness (QED) is 0.246. The summed E-state index contributed by atoms with van der Waals surface area (Å²) in [7, 11) is 0. The topological polar surface area (TPSA) is 29.1 Å². The van der Waals surface area contributed by atoms with Gasteiger partial charge >= 0.3 is 231 Å². The van der Waals surface area contributed by atoms with Gasteiger partial charge in [-0.1, -0.05) is 0 Å². The Morgan fingerprint density at radius 3 is 1.92 bits per heavy atom. The van der Waals surface area contributed by atoms with Crippen LogP contribution in [0.15, 0.2) is 103 Å². The molecule has 1 N–H and O–H groups in total. The van der Waals surface area contributed by atoms with Crippen LogP contribution in [-0.2, 0) is 29.4 Å². The third-order valence-corrected chi connectivity index (χ3v) is 49.0. The molecule has 0 spiro atoms.